The Balaban J connectivity index is 3.44. The van der Waals surface area contributed by atoms with E-state index in [0.717, 1.165) is 57.8 Å². The van der Waals surface area contributed by atoms with Gasteiger partial charge in [-0.1, -0.05) is 326 Å². The quantitative estimate of drug-likeness (QED) is 0.0320. The Hall–Kier alpha value is -2.18. The molecule has 0 aliphatic rings. The number of carbonyl (C=O) groups excluding carboxylic acids is 2. The molecule has 0 fully saturated rings. The lowest BCUT2D eigenvalue weighted by Gasteiger charge is -2.20. The van der Waals surface area contributed by atoms with Crippen LogP contribution in [-0.4, -0.2) is 47.4 Å². The third kappa shape index (κ3) is 64.8. The largest absolute Gasteiger partial charge is 0.466 e. The lowest BCUT2D eigenvalue weighted by atomic mass is 10.0. The molecule has 0 saturated heterocycles. The third-order valence-electron chi connectivity index (χ3n) is 16.3. The third-order valence-corrected chi connectivity index (χ3v) is 16.3. The van der Waals surface area contributed by atoms with Crippen LogP contribution in [0.2, 0.25) is 0 Å². The maximum Gasteiger partial charge on any atom is 0.305 e. The van der Waals surface area contributed by atoms with E-state index in [-0.39, 0.29) is 18.5 Å². The summed E-state index contributed by atoms with van der Waals surface area (Å²) in [6, 6.07) is -0.635. The number of hydrogen-bond donors (Lipinski definition) is 3. The number of carbonyl (C=O) groups is 2. The van der Waals surface area contributed by atoms with Crippen molar-refractivity contribution in [3.8, 4) is 0 Å². The number of aliphatic hydroxyl groups is 2. The second-order valence-corrected chi connectivity index (χ2v) is 24.2. The van der Waals surface area contributed by atoms with Gasteiger partial charge in [-0.15, -0.1) is 0 Å². The van der Waals surface area contributed by atoms with Gasteiger partial charge in [0, 0.05) is 12.8 Å². The zero-order valence-electron chi connectivity index (χ0n) is 53.1. The van der Waals surface area contributed by atoms with Crippen LogP contribution < -0.4 is 5.32 Å². The fourth-order valence-corrected chi connectivity index (χ4v) is 10.9. The summed E-state index contributed by atoms with van der Waals surface area (Å²) in [7, 11) is 0. The summed E-state index contributed by atoms with van der Waals surface area (Å²) in [6.45, 7) is 4.91. The Morgan fingerprint density at radius 1 is 0.354 bits per heavy atom. The molecule has 2 unspecified atom stereocenters. The molecule has 0 aromatic rings. The summed E-state index contributed by atoms with van der Waals surface area (Å²) < 4.78 is 5.50. The molecule has 464 valence electrons. The van der Waals surface area contributed by atoms with Gasteiger partial charge >= 0.3 is 5.97 Å². The van der Waals surface area contributed by atoms with Gasteiger partial charge in [-0.25, -0.2) is 0 Å². The summed E-state index contributed by atoms with van der Waals surface area (Å²) in [4.78, 5) is 24.6. The van der Waals surface area contributed by atoms with Gasteiger partial charge in [0.15, 0.2) is 0 Å². The first-order valence-corrected chi connectivity index (χ1v) is 35.4. The number of esters is 1. The van der Waals surface area contributed by atoms with Crippen molar-refractivity contribution >= 4 is 11.9 Å². The second-order valence-electron chi connectivity index (χ2n) is 24.2. The molecule has 0 rings (SSSR count). The summed E-state index contributed by atoms with van der Waals surface area (Å²) in [5.74, 6) is -0.0697. The van der Waals surface area contributed by atoms with Crippen LogP contribution in [0.3, 0.4) is 0 Å². The van der Waals surface area contributed by atoms with Gasteiger partial charge in [0.2, 0.25) is 5.91 Å². The SMILES string of the molecule is CCCCCC/C=C\C/C=C\CCCCCCCCCC(=O)OCCCCCCCCCCCCC/C=C\CCCCCCCCCC(=O)NC(CO)C(O)/C=C/CCCCCCCCCCCCCCCCCCCCCC. The average molecular weight is 1110 g/mol. The highest BCUT2D eigenvalue weighted by Gasteiger charge is 2.18. The van der Waals surface area contributed by atoms with Crippen molar-refractivity contribution in [2.45, 2.75) is 392 Å². The monoisotopic (exact) mass is 1110 g/mol. The van der Waals surface area contributed by atoms with E-state index in [1.165, 1.54) is 295 Å². The number of unbranched alkanes of at least 4 members (excludes halogenated alkanes) is 49. The van der Waals surface area contributed by atoms with E-state index in [0.29, 0.717) is 19.4 Å². The van der Waals surface area contributed by atoms with Crippen molar-refractivity contribution in [1.29, 1.82) is 0 Å². The van der Waals surface area contributed by atoms with E-state index in [9.17, 15) is 19.8 Å². The van der Waals surface area contributed by atoms with Crippen LogP contribution in [0.5, 0.6) is 0 Å². The number of nitrogens with one attached hydrogen (secondary N) is 1. The number of rotatable bonds is 66. The fraction of sp³-hybridized carbons (Fsp3) is 0.863. The molecule has 0 aromatic heterocycles. The zero-order chi connectivity index (χ0) is 57.1. The predicted molar refractivity (Wildman–Crippen MR) is 347 cm³/mol. The highest BCUT2D eigenvalue weighted by Crippen LogP contribution is 2.18. The van der Waals surface area contributed by atoms with Crippen molar-refractivity contribution in [2.24, 2.45) is 0 Å². The van der Waals surface area contributed by atoms with E-state index >= 15 is 0 Å². The molecular weight excluding hydrogens is 971 g/mol. The van der Waals surface area contributed by atoms with Crippen molar-refractivity contribution in [2.75, 3.05) is 13.2 Å². The Morgan fingerprint density at radius 2 is 0.633 bits per heavy atom. The van der Waals surface area contributed by atoms with E-state index in [2.05, 4.69) is 55.6 Å². The van der Waals surface area contributed by atoms with Gasteiger partial charge < -0.3 is 20.3 Å². The topological polar surface area (TPSA) is 95.9 Å². The molecule has 0 aliphatic heterocycles. The standard InChI is InChI=1S/C73H137NO5/c1-3-5-7-9-11-13-15-17-19-21-23-24-27-30-33-37-41-45-49-53-57-61-65-71(76)70(69-75)74-72(77)66-62-58-54-50-46-42-38-34-31-28-25-26-29-32-36-40-44-48-52-56-60-64-68-79-73(78)67-63-59-55-51-47-43-39-35-22-20-18-16-14-12-10-8-6-4-2/h14,16,20,22,28,31,61,65,70-71,75-76H,3-13,15,17-19,21,23-27,29-30,32-60,62-64,66-69H2,1-2H3,(H,74,77)/b16-14-,22-20-,31-28-,65-61+. The van der Waals surface area contributed by atoms with Crippen LogP contribution in [0, 0.1) is 0 Å². The Kier molecular flexibility index (Phi) is 66.4. The van der Waals surface area contributed by atoms with E-state index in [4.69, 9.17) is 4.74 Å². The summed E-state index contributed by atoms with van der Waals surface area (Å²) >= 11 is 0. The van der Waals surface area contributed by atoms with Gasteiger partial charge in [0.1, 0.15) is 0 Å². The molecule has 0 radical (unpaired) electrons. The van der Waals surface area contributed by atoms with Crippen molar-refractivity contribution in [3.63, 3.8) is 0 Å². The summed E-state index contributed by atoms with van der Waals surface area (Å²) in [6.07, 6.45) is 88.9. The van der Waals surface area contributed by atoms with Crippen LogP contribution in [0.4, 0.5) is 0 Å². The average Bonchev–Trinajstić information content (AvgIpc) is 3.45. The molecule has 6 nitrogen and oxygen atoms in total. The molecule has 6 heteroatoms. The van der Waals surface area contributed by atoms with Crippen molar-refractivity contribution < 1.29 is 24.5 Å². The number of hydrogen-bond acceptors (Lipinski definition) is 5. The first-order chi connectivity index (χ1) is 39.0. The number of amides is 1. The molecule has 0 heterocycles. The number of aliphatic hydroxyl groups excluding tert-OH is 2. The minimum atomic E-state index is -0.851. The molecule has 0 saturated carbocycles. The maximum atomic E-state index is 12.5. The van der Waals surface area contributed by atoms with E-state index in [1.54, 1.807) is 6.08 Å². The second kappa shape index (κ2) is 68.3. The molecule has 1 amide bonds. The first-order valence-electron chi connectivity index (χ1n) is 35.4. The van der Waals surface area contributed by atoms with E-state index in [1.807, 2.05) is 6.08 Å². The van der Waals surface area contributed by atoms with Crippen LogP contribution in [0.25, 0.3) is 0 Å². The van der Waals surface area contributed by atoms with Crippen LogP contribution in [0.1, 0.15) is 380 Å². The minimum absolute atomic E-state index is 0.00237. The van der Waals surface area contributed by atoms with Gasteiger partial charge in [-0.2, -0.15) is 0 Å². The highest BCUT2D eigenvalue weighted by atomic mass is 16.5. The minimum Gasteiger partial charge on any atom is -0.466 e. The normalized spacial score (nSPS) is 12.8. The highest BCUT2D eigenvalue weighted by molar-refractivity contribution is 5.76. The molecule has 0 aromatic carbocycles. The number of ether oxygens (including phenoxy) is 1. The first kappa shape index (κ1) is 76.8. The van der Waals surface area contributed by atoms with Gasteiger partial charge in [0.25, 0.3) is 0 Å². The van der Waals surface area contributed by atoms with Gasteiger partial charge in [-0.3, -0.25) is 9.59 Å². The lowest BCUT2D eigenvalue weighted by molar-refractivity contribution is -0.143. The zero-order valence-corrected chi connectivity index (χ0v) is 53.1. The van der Waals surface area contributed by atoms with Crippen molar-refractivity contribution in [1.82, 2.24) is 5.32 Å². The Labute approximate surface area is 493 Å². The van der Waals surface area contributed by atoms with Gasteiger partial charge in [-0.05, 0) is 89.9 Å². The fourth-order valence-electron chi connectivity index (χ4n) is 10.9. The summed E-state index contributed by atoms with van der Waals surface area (Å²) in [5.41, 5.74) is 0. The molecule has 3 N–H and O–H groups in total. The lowest BCUT2D eigenvalue weighted by Crippen LogP contribution is -2.45. The Bertz CT molecular complexity index is 1320. The van der Waals surface area contributed by atoms with E-state index < -0.39 is 12.1 Å². The summed E-state index contributed by atoms with van der Waals surface area (Å²) in [5, 5.41) is 23.3. The van der Waals surface area contributed by atoms with Crippen LogP contribution in [0.15, 0.2) is 48.6 Å². The molecular formula is C73H137NO5. The molecule has 0 spiro atoms. The smallest absolute Gasteiger partial charge is 0.305 e. The number of allylic oxidation sites excluding steroid dienone is 7. The molecule has 2 atom stereocenters. The van der Waals surface area contributed by atoms with Crippen molar-refractivity contribution in [3.05, 3.63) is 48.6 Å². The van der Waals surface area contributed by atoms with Crippen LogP contribution >= 0.6 is 0 Å². The maximum absolute atomic E-state index is 12.5. The molecule has 0 bridgehead atoms. The Morgan fingerprint density at radius 3 is 0.987 bits per heavy atom. The van der Waals surface area contributed by atoms with Gasteiger partial charge in [0.05, 0.1) is 25.4 Å². The predicted octanol–water partition coefficient (Wildman–Crippen LogP) is 22.9. The molecule has 79 heavy (non-hydrogen) atoms. The molecule has 0 aliphatic carbocycles. The van der Waals surface area contributed by atoms with Crippen LogP contribution in [-0.2, 0) is 14.3 Å².